The van der Waals surface area contributed by atoms with E-state index >= 15 is 0 Å². The van der Waals surface area contributed by atoms with Gasteiger partial charge in [0, 0.05) is 30.8 Å². The summed E-state index contributed by atoms with van der Waals surface area (Å²) in [7, 11) is 0. The van der Waals surface area contributed by atoms with Crippen LogP contribution in [0.1, 0.15) is 58.7 Å². The topological polar surface area (TPSA) is 83.3 Å². The zero-order valence-electron chi connectivity index (χ0n) is 23.1. The fraction of sp³-hybridized carbons (Fsp3) is 0.323. The first-order valence-corrected chi connectivity index (χ1v) is 14.0. The van der Waals surface area contributed by atoms with Crippen molar-refractivity contribution in [2.75, 3.05) is 23.3 Å². The van der Waals surface area contributed by atoms with Crippen LogP contribution in [-0.2, 0) is 11.0 Å². The zero-order chi connectivity index (χ0) is 31.2. The van der Waals surface area contributed by atoms with Gasteiger partial charge in [0.05, 0.1) is 11.3 Å². The van der Waals surface area contributed by atoms with Crippen molar-refractivity contribution in [1.82, 2.24) is 14.8 Å². The smallest absolute Gasteiger partial charge is 0.382 e. The summed E-state index contributed by atoms with van der Waals surface area (Å²) in [4.78, 5) is 18.5. The number of carbonyl (C=O) groups is 1. The van der Waals surface area contributed by atoms with Gasteiger partial charge in [-0.15, -0.1) is 0 Å². The number of halogens is 6. The molecule has 2 aromatic heterocycles. The Morgan fingerprint density at radius 2 is 1.45 bits per heavy atom. The fourth-order valence-corrected chi connectivity index (χ4v) is 6.10. The van der Waals surface area contributed by atoms with Gasteiger partial charge in [0.1, 0.15) is 29.7 Å². The fourth-order valence-electron chi connectivity index (χ4n) is 6.10. The number of amides is 1. The molecule has 2 N–H and O–H groups in total. The Morgan fingerprint density at radius 1 is 0.864 bits per heavy atom. The van der Waals surface area contributed by atoms with Crippen molar-refractivity contribution in [2.24, 2.45) is 0 Å². The van der Waals surface area contributed by atoms with Crippen molar-refractivity contribution in [1.29, 1.82) is 0 Å². The third-order valence-corrected chi connectivity index (χ3v) is 8.22. The van der Waals surface area contributed by atoms with E-state index in [1.165, 1.54) is 10.7 Å². The number of fused-ring (bicyclic) bond motifs is 1. The van der Waals surface area contributed by atoms with E-state index in [4.69, 9.17) is 5.10 Å². The molecular formula is C31H27F6N5O2. The Balaban J connectivity index is 1.42. The number of aliphatic hydroxyl groups excluding tert-OH is 1. The summed E-state index contributed by atoms with van der Waals surface area (Å²) in [6.07, 6.45) is -10.4. The molecule has 1 saturated heterocycles. The second-order valence-corrected chi connectivity index (χ2v) is 10.9. The van der Waals surface area contributed by atoms with E-state index in [0.717, 1.165) is 23.4 Å². The highest BCUT2D eigenvalue weighted by Gasteiger charge is 2.55. The maximum atomic E-state index is 14.6. The Kier molecular flexibility index (Phi) is 7.60. The lowest BCUT2D eigenvalue weighted by Gasteiger charge is -2.34. The third-order valence-electron chi connectivity index (χ3n) is 8.22. The minimum absolute atomic E-state index is 0.123. The van der Waals surface area contributed by atoms with Gasteiger partial charge in [0.25, 0.3) is 5.91 Å². The van der Waals surface area contributed by atoms with Crippen LogP contribution < -0.4 is 10.2 Å². The molecule has 44 heavy (non-hydrogen) atoms. The highest BCUT2D eigenvalue weighted by Crippen LogP contribution is 2.49. The largest absolute Gasteiger partial charge is 0.417 e. The standard InChI is InChI=1S/C31H27F6N5O2/c32-30(33,34)21-11-12-22(38-17-21)41-15-13-18(14-16-41)25-23-24(31(35,36)37)27(43)29(44)39-28(23)42(40-25)26(19-7-3-1-4-8-19)20-9-5-2-6-10-20/h1-12,17-18,24,26-27,43H,13-16H2,(H,39,44)/t24-,27-/m1/s1. The molecule has 1 fully saturated rings. The number of nitrogens with one attached hydrogen (secondary N) is 1. The van der Waals surface area contributed by atoms with E-state index in [-0.39, 0.29) is 17.1 Å². The van der Waals surface area contributed by atoms with Crippen LogP contribution in [0.4, 0.5) is 38.0 Å². The van der Waals surface area contributed by atoms with Gasteiger partial charge in [-0.1, -0.05) is 60.7 Å². The lowest BCUT2D eigenvalue weighted by Crippen LogP contribution is -2.45. The first-order chi connectivity index (χ1) is 20.9. The highest BCUT2D eigenvalue weighted by molar-refractivity contribution is 5.97. The van der Waals surface area contributed by atoms with Gasteiger partial charge >= 0.3 is 12.4 Å². The molecular weight excluding hydrogens is 588 g/mol. The van der Waals surface area contributed by atoms with E-state index in [1.807, 2.05) is 36.4 Å². The molecule has 0 radical (unpaired) electrons. The molecule has 2 aromatic carbocycles. The van der Waals surface area contributed by atoms with E-state index in [9.17, 15) is 36.2 Å². The molecule has 230 valence electrons. The average Bonchev–Trinajstić information content (AvgIpc) is 3.35. The number of rotatable bonds is 5. The van der Waals surface area contributed by atoms with Crippen LogP contribution in [0.15, 0.2) is 79.0 Å². The lowest BCUT2D eigenvalue weighted by atomic mass is 9.82. The van der Waals surface area contributed by atoms with Crippen molar-refractivity contribution in [2.45, 2.75) is 49.2 Å². The van der Waals surface area contributed by atoms with Gasteiger partial charge < -0.3 is 15.3 Å². The van der Waals surface area contributed by atoms with Crippen molar-refractivity contribution in [3.63, 3.8) is 0 Å². The molecule has 6 rings (SSSR count). The van der Waals surface area contributed by atoms with Gasteiger partial charge in [-0.25, -0.2) is 9.67 Å². The summed E-state index contributed by atoms with van der Waals surface area (Å²) in [6, 6.07) is 19.6. The number of carbonyl (C=O) groups excluding carboxylic acids is 1. The highest BCUT2D eigenvalue weighted by atomic mass is 19.4. The number of anilines is 2. The van der Waals surface area contributed by atoms with Crippen molar-refractivity contribution >= 4 is 17.5 Å². The molecule has 1 amide bonds. The number of piperidine rings is 1. The molecule has 0 saturated carbocycles. The molecule has 4 heterocycles. The van der Waals surface area contributed by atoms with Gasteiger partial charge in [0.15, 0.2) is 0 Å². The molecule has 4 aromatic rings. The van der Waals surface area contributed by atoms with Crippen LogP contribution in [0.3, 0.4) is 0 Å². The minimum atomic E-state index is -4.95. The van der Waals surface area contributed by atoms with Crippen LogP contribution in [0, 0.1) is 0 Å². The maximum Gasteiger partial charge on any atom is 0.417 e. The lowest BCUT2D eigenvalue weighted by molar-refractivity contribution is -0.177. The van der Waals surface area contributed by atoms with Crippen molar-refractivity contribution < 1.29 is 36.2 Å². The van der Waals surface area contributed by atoms with Gasteiger partial charge in [-0.2, -0.15) is 31.4 Å². The van der Waals surface area contributed by atoms with Gasteiger partial charge in [-0.05, 0) is 36.1 Å². The number of nitrogens with zero attached hydrogens (tertiary/aromatic N) is 4. The average molecular weight is 616 g/mol. The Bertz CT molecular complexity index is 1580. The molecule has 7 nitrogen and oxygen atoms in total. The van der Waals surface area contributed by atoms with Gasteiger partial charge in [-0.3, -0.25) is 4.79 Å². The quantitative estimate of drug-likeness (QED) is 0.259. The third kappa shape index (κ3) is 5.51. The van der Waals surface area contributed by atoms with Gasteiger partial charge in [0.2, 0.25) is 0 Å². The molecule has 0 spiro atoms. The normalized spacial score (nSPS) is 19.6. The molecule has 2 atom stereocenters. The number of hydrogen-bond donors (Lipinski definition) is 2. The van der Waals surface area contributed by atoms with E-state index in [0.29, 0.717) is 31.7 Å². The molecule has 2 aliphatic heterocycles. The molecule has 13 heteroatoms. The predicted octanol–water partition coefficient (Wildman–Crippen LogP) is 6.28. The minimum Gasteiger partial charge on any atom is -0.382 e. The van der Waals surface area contributed by atoms with Crippen LogP contribution in [-0.4, -0.2) is 51.1 Å². The van der Waals surface area contributed by atoms with Crippen molar-refractivity contribution in [3.05, 3.63) is 107 Å². The zero-order valence-corrected chi connectivity index (χ0v) is 23.1. The SMILES string of the molecule is O=C1Nc2c(c(C3CCN(c4ccc(C(F)(F)F)cn4)CC3)nn2C(c2ccccc2)c2ccccc2)[C@@H](C(F)(F)F)[C@H]1O. The molecule has 0 unspecified atom stereocenters. The second-order valence-electron chi connectivity index (χ2n) is 10.9. The summed E-state index contributed by atoms with van der Waals surface area (Å²) in [5, 5.41) is 17.8. The van der Waals surface area contributed by atoms with Crippen LogP contribution >= 0.6 is 0 Å². The predicted molar refractivity (Wildman–Crippen MR) is 149 cm³/mol. The number of pyridine rings is 1. The van der Waals surface area contributed by atoms with Crippen LogP contribution in [0.5, 0.6) is 0 Å². The molecule has 2 aliphatic rings. The van der Waals surface area contributed by atoms with Crippen LogP contribution in [0.2, 0.25) is 0 Å². The Morgan fingerprint density at radius 3 is 1.95 bits per heavy atom. The van der Waals surface area contributed by atoms with E-state index in [1.54, 1.807) is 29.2 Å². The second kappa shape index (κ2) is 11.3. The number of benzene rings is 2. The van der Waals surface area contributed by atoms with E-state index < -0.39 is 47.8 Å². The summed E-state index contributed by atoms with van der Waals surface area (Å²) < 4.78 is 84.1. The molecule has 0 aliphatic carbocycles. The number of alkyl halides is 6. The number of aromatic nitrogens is 3. The Labute approximate surface area is 248 Å². The van der Waals surface area contributed by atoms with Crippen molar-refractivity contribution in [3.8, 4) is 0 Å². The first-order valence-electron chi connectivity index (χ1n) is 14.0. The Hall–Kier alpha value is -4.39. The number of hydrogen-bond acceptors (Lipinski definition) is 5. The summed E-state index contributed by atoms with van der Waals surface area (Å²) >= 11 is 0. The molecule has 0 bridgehead atoms. The monoisotopic (exact) mass is 615 g/mol. The summed E-state index contributed by atoms with van der Waals surface area (Å²) in [5.74, 6) is -3.95. The first kappa shape index (κ1) is 29.7. The maximum absolute atomic E-state index is 14.6. The summed E-state index contributed by atoms with van der Waals surface area (Å²) in [6.45, 7) is 0.605. The summed E-state index contributed by atoms with van der Waals surface area (Å²) in [5.41, 5.74) is 0.426. The number of aliphatic hydroxyl groups is 1. The van der Waals surface area contributed by atoms with E-state index in [2.05, 4.69) is 10.3 Å². The van der Waals surface area contributed by atoms with Crippen LogP contribution in [0.25, 0.3) is 0 Å².